The summed E-state index contributed by atoms with van der Waals surface area (Å²) >= 11 is 0. The van der Waals surface area contributed by atoms with E-state index >= 15 is 0 Å². The lowest BCUT2D eigenvalue weighted by atomic mass is 9.79. The first-order valence-corrected chi connectivity index (χ1v) is 5.68. The number of hydrogen-bond donors (Lipinski definition) is 1. The normalized spacial score (nSPS) is 47.7. The first-order chi connectivity index (χ1) is 6.74. The SMILES string of the molecule is N#CC1(N)C2CCC1CN(C1CC1)C2. The first kappa shape index (κ1) is 8.70. The van der Waals surface area contributed by atoms with Gasteiger partial charge in [-0.2, -0.15) is 5.26 Å². The molecule has 1 aliphatic heterocycles. The molecule has 14 heavy (non-hydrogen) atoms. The minimum absolute atomic E-state index is 0.437. The van der Waals surface area contributed by atoms with Crippen LogP contribution in [-0.2, 0) is 0 Å². The Morgan fingerprint density at radius 2 is 1.71 bits per heavy atom. The molecule has 1 saturated heterocycles. The number of hydrogen-bond acceptors (Lipinski definition) is 3. The van der Waals surface area contributed by atoms with E-state index in [0.717, 1.165) is 32.0 Å². The summed E-state index contributed by atoms with van der Waals surface area (Å²) in [6.45, 7) is 2.15. The van der Waals surface area contributed by atoms with Gasteiger partial charge >= 0.3 is 0 Å². The number of fused-ring (bicyclic) bond motifs is 2. The Kier molecular flexibility index (Phi) is 1.68. The van der Waals surface area contributed by atoms with Gasteiger partial charge in [-0.25, -0.2) is 0 Å². The van der Waals surface area contributed by atoms with Crippen LogP contribution in [0.3, 0.4) is 0 Å². The Morgan fingerprint density at radius 1 is 1.14 bits per heavy atom. The fourth-order valence-corrected chi connectivity index (χ4v) is 3.26. The van der Waals surface area contributed by atoms with Crippen molar-refractivity contribution < 1.29 is 0 Å². The quantitative estimate of drug-likeness (QED) is 0.664. The van der Waals surface area contributed by atoms with Crippen LogP contribution < -0.4 is 5.73 Å². The smallest absolute Gasteiger partial charge is 0.112 e. The fraction of sp³-hybridized carbons (Fsp3) is 0.909. The van der Waals surface area contributed by atoms with Crippen LogP contribution in [0, 0.1) is 23.2 Å². The highest BCUT2D eigenvalue weighted by molar-refractivity contribution is 5.20. The summed E-state index contributed by atoms with van der Waals surface area (Å²) in [4.78, 5) is 2.57. The second kappa shape index (κ2) is 2.71. The number of nitriles is 1. The van der Waals surface area contributed by atoms with Gasteiger partial charge < -0.3 is 5.73 Å². The summed E-state index contributed by atoms with van der Waals surface area (Å²) in [5.74, 6) is 0.874. The van der Waals surface area contributed by atoms with Gasteiger partial charge in [-0.3, -0.25) is 4.90 Å². The number of rotatable bonds is 1. The van der Waals surface area contributed by atoms with E-state index in [2.05, 4.69) is 11.0 Å². The van der Waals surface area contributed by atoms with Crippen molar-refractivity contribution in [2.45, 2.75) is 37.3 Å². The van der Waals surface area contributed by atoms with Gasteiger partial charge in [0.05, 0.1) is 6.07 Å². The molecule has 0 amide bonds. The Bertz CT molecular complexity index is 275. The molecule has 0 radical (unpaired) electrons. The minimum Gasteiger partial charge on any atom is -0.313 e. The van der Waals surface area contributed by atoms with Crippen LogP contribution in [0.4, 0.5) is 0 Å². The lowest BCUT2D eigenvalue weighted by Crippen LogP contribution is -2.58. The van der Waals surface area contributed by atoms with Gasteiger partial charge in [0.1, 0.15) is 5.54 Å². The summed E-state index contributed by atoms with van der Waals surface area (Å²) in [5, 5.41) is 9.18. The van der Waals surface area contributed by atoms with E-state index < -0.39 is 5.54 Å². The lowest BCUT2D eigenvalue weighted by molar-refractivity contribution is 0.108. The summed E-state index contributed by atoms with van der Waals surface area (Å²) in [7, 11) is 0. The fourth-order valence-electron chi connectivity index (χ4n) is 3.26. The van der Waals surface area contributed by atoms with E-state index in [-0.39, 0.29) is 0 Å². The monoisotopic (exact) mass is 191 g/mol. The van der Waals surface area contributed by atoms with Gasteiger partial charge in [0, 0.05) is 31.0 Å². The first-order valence-electron chi connectivity index (χ1n) is 5.68. The third-order valence-electron chi connectivity index (χ3n) is 4.38. The Morgan fingerprint density at radius 3 is 2.14 bits per heavy atom. The van der Waals surface area contributed by atoms with Crippen molar-refractivity contribution in [1.82, 2.24) is 4.90 Å². The summed E-state index contributed by atoms with van der Waals surface area (Å²) in [6.07, 6.45) is 5.06. The van der Waals surface area contributed by atoms with Crippen molar-refractivity contribution in [1.29, 1.82) is 5.26 Å². The molecule has 2 saturated carbocycles. The second-order valence-electron chi connectivity index (χ2n) is 5.20. The van der Waals surface area contributed by atoms with Crippen LogP contribution in [0.15, 0.2) is 0 Å². The van der Waals surface area contributed by atoms with Gasteiger partial charge in [-0.1, -0.05) is 0 Å². The van der Waals surface area contributed by atoms with Crippen LogP contribution in [0.25, 0.3) is 0 Å². The van der Waals surface area contributed by atoms with Gasteiger partial charge in [0.2, 0.25) is 0 Å². The highest BCUT2D eigenvalue weighted by Crippen LogP contribution is 2.45. The van der Waals surface area contributed by atoms with Gasteiger partial charge in [-0.05, 0) is 25.7 Å². The Balaban J connectivity index is 1.82. The highest BCUT2D eigenvalue weighted by atomic mass is 15.2. The van der Waals surface area contributed by atoms with Crippen molar-refractivity contribution in [3.8, 4) is 6.07 Å². The molecule has 2 bridgehead atoms. The molecule has 0 aromatic rings. The zero-order valence-corrected chi connectivity index (χ0v) is 8.45. The number of nitrogens with zero attached hydrogens (tertiary/aromatic N) is 2. The number of piperidine rings is 1. The van der Waals surface area contributed by atoms with Crippen molar-refractivity contribution in [3.05, 3.63) is 0 Å². The molecule has 3 heteroatoms. The van der Waals surface area contributed by atoms with Gasteiger partial charge in [0.15, 0.2) is 0 Å². The molecule has 0 aromatic carbocycles. The zero-order valence-electron chi connectivity index (χ0n) is 8.45. The molecule has 2 unspecified atom stereocenters. The van der Waals surface area contributed by atoms with Crippen LogP contribution in [-0.4, -0.2) is 29.6 Å². The molecule has 0 aromatic heterocycles. The largest absolute Gasteiger partial charge is 0.313 e. The molecule has 76 valence electrons. The molecule has 2 aliphatic carbocycles. The minimum atomic E-state index is -0.495. The molecule has 2 N–H and O–H groups in total. The van der Waals surface area contributed by atoms with E-state index in [1.54, 1.807) is 0 Å². The van der Waals surface area contributed by atoms with Gasteiger partial charge in [-0.15, -0.1) is 0 Å². The molecule has 3 fully saturated rings. The van der Waals surface area contributed by atoms with E-state index in [1.807, 2.05) is 0 Å². The van der Waals surface area contributed by atoms with E-state index in [0.29, 0.717) is 11.8 Å². The summed E-state index contributed by atoms with van der Waals surface area (Å²) < 4.78 is 0. The van der Waals surface area contributed by atoms with Crippen molar-refractivity contribution in [3.63, 3.8) is 0 Å². The maximum atomic E-state index is 9.18. The summed E-state index contributed by atoms with van der Waals surface area (Å²) in [6, 6.07) is 3.21. The van der Waals surface area contributed by atoms with Crippen LogP contribution in [0.1, 0.15) is 25.7 Å². The zero-order chi connectivity index (χ0) is 9.76. The van der Waals surface area contributed by atoms with Crippen molar-refractivity contribution in [2.75, 3.05) is 13.1 Å². The van der Waals surface area contributed by atoms with Crippen LogP contribution in [0.5, 0.6) is 0 Å². The van der Waals surface area contributed by atoms with Crippen molar-refractivity contribution in [2.24, 2.45) is 17.6 Å². The maximum absolute atomic E-state index is 9.18. The molecule has 1 heterocycles. The third kappa shape index (κ3) is 1.04. The summed E-state index contributed by atoms with van der Waals surface area (Å²) in [5.41, 5.74) is 5.71. The average molecular weight is 191 g/mol. The molecule has 3 aliphatic rings. The Labute approximate surface area is 84.9 Å². The van der Waals surface area contributed by atoms with Gasteiger partial charge in [0.25, 0.3) is 0 Å². The van der Waals surface area contributed by atoms with E-state index in [4.69, 9.17) is 5.73 Å². The van der Waals surface area contributed by atoms with Crippen molar-refractivity contribution >= 4 is 0 Å². The second-order valence-corrected chi connectivity index (χ2v) is 5.20. The molecular weight excluding hydrogens is 174 g/mol. The molecule has 2 atom stereocenters. The lowest BCUT2D eigenvalue weighted by Gasteiger charge is -2.41. The van der Waals surface area contributed by atoms with Crippen LogP contribution in [0.2, 0.25) is 0 Å². The maximum Gasteiger partial charge on any atom is 0.112 e. The predicted molar refractivity (Wildman–Crippen MR) is 53.3 cm³/mol. The van der Waals surface area contributed by atoms with Crippen LogP contribution >= 0.6 is 0 Å². The molecule has 3 rings (SSSR count). The molecular formula is C11H17N3. The predicted octanol–water partition coefficient (Wildman–Crippen LogP) is 0.712. The molecule has 0 spiro atoms. The van der Waals surface area contributed by atoms with E-state index in [9.17, 15) is 5.26 Å². The Hall–Kier alpha value is -0.590. The highest BCUT2D eigenvalue weighted by Gasteiger charge is 2.53. The average Bonchev–Trinajstić information content (AvgIpc) is 2.99. The number of nitrogens with two attached hydrogens (primary N) is 1. The number of likely N-dealkylation sites (tertiary alicyclic amines) is 1. The third-order valence-corrected chi connectivity index (χ3v) is 4.38. The topological polar surface area (TPSA) is 53.1 Å². The van der Waals surface area contributed by atoms with E-state index in [1.165, 1.54) is 12.8 Å². The standard InChI is InChI=1S/C11H17N3/c12-7-11(13)8-1-2-9(11)6-14(5-8)10-3-4-10/h8-10H,1-6,13H2. The molecule has 3 nitrogen and oxygen atoms in total.